The molecule has 4 saturated heterocycles. The molecule has 0 radical (unpaired) electrons. The summed E-state index contributed by atoms with van der Waals surface area (Å²) >= 11 is 0. The molecule has 4 aromatic carbocycles. The zero-order valence-corrected chi connectivity index (χ0v) is 30.4. The average Bonchev–Trinajstić information content (AvgIpc) is 3.99. The summed E-state index contributed by atoms with van der Waals surface area (Å²) in [6.45, 7) is 5.90. The van der Waals surface area contributed by atoms with Crippen molar-refractivity contribution in [3.63, 3.8) is 0 Å². The second kappa shape index (κ2) is 17.4. The molecule has 8 rings (SSSR count). The molecule has 4 aromatic rings. The highest BCUT2D eigenvalue weighted by Crippen LogP contribution is 2.26. The van der Waals surface area contributed by atoms with Gasteiger partial charge >= 0.3 is 9.05 Å². The highest BCUT2D eigenvalue weighted by atomic mass is 28.4. The Labute approximate surface area is 310 Å². The lowest BCUT2D eigenvalue weighted by molar-refractivity contribution is -0.0521. The van der Waals surface area contributed by atoms with Crippen molar-refractivity contribution in [2.45, 2.75) is 50.8 Å². The predicted octanol–water partition coefficient (Wildman–Crippen LogP) is 5.40. The van der Waals surface area contributed by atoms with Gasteiger partial charge in [0, 0.05) is 0 Å². The van der Waals surface area contributed by atoms with E-state index in [1.807, 2.05) is 97.1 Å². The first-order valence-electron chi connectivity index (χ1n) is 18.0. The lowest BCUT2D eigenvalue weighted by Gasteiger charge is -2.29. The Bertz CT molecular complexity index is 1450. The van der Waals surface area contributed by atoms with Crippen LogP contribution in [0.3, 0.4) is 0 Å². The summed E-state index contributed by atoms with van der Waals surface area (Å²) in [7, 11) is -3.86. The van der Waals surface area contributed by atoms with Gasteiger partial charge in [-0.25, -0.2) is 0 Å². The maximum atomic E-state index is 6.61. The van der Waals surface area contributed by atoms with E-state index in [0.717, 1.165) is 71.7 Å². The lowest BCUT2D eigenvalue weighted by Crippen LogP contribution is -2.48. The van der Waals surface area contributed by atoms with Gasteiger partial charge in [-0.3, -0.25) is 0 Å². The van der Waals surface area contributed by atoms with Crippen molar-refractivity contribution in [2.24, 2.45) is 0 Å². The van der Waals surface area contributed by atoms with E-state index in [4.69, 9.17) is 55.6 Å². The number of rotatable bonds is 24. The third-order valence-electron chi connectivity index (χ3n) is 8.71. The molecule has 53 heavy (non-hydrogen) atoms. The van der Waals surface area contributed by atoms with Gasteiger partial charge in [-0.15, -0.1) is 0 Å². The molecule has 4 fully saturated rings. The van der Waals surface area contributed by atoms with Crippen molar-refractivity contribution >= 4 is 9.05 Å². The van der Waals surface area contributed by atoms with Crippen LogP contribution in [0.4, 0.5) is 0 Å². The van der Waals surface area contributed by atoms with Crippen LogP contribution in [-0.4, -0.2) is 86.3 Å². The van der Waals surface area contributed by atoms with E-state index < -0.39 is 9.05 Å². The molecule has 4 atom stereocenters. The van der Waals surface area contributed by atoms with Crippen molar-refractivity contribution in [3.8, 4) is 23.0 Å². The molecule has 0 spiro atoms. The second-order valence-corrected chi connectivity index (χ2v) is 15.5. The van der Waals surface area contributed by atoms with E-state index >= 15 is 0 Å². The topological polar surface area (TPSA) is 124 Å². The molecule has 0 amide bonds. The van der Waals surface area contributed by atoms with Crippen molar-refractivity contribution in [2.75, 3.05) is 52.9 Å². The van der Waals surface area contributed by atoms with Gasteiger partial charge in [-0.05, 0) is 70.8 Å². The quantitative estimate of drug-likeness (QED) is 0.0675. The molecule has 0 bridgehead atoms. The van der Waals surface area contributed by atoms with Crippen molar-refractivity contribution in [3.05, 3.63) is 119 Å². The van der Waals surface area contributed by atoms with Gasteiger partial charge in [-0.2, -0.15) is 0 Å². The molecular formula is C40H44O12Si. The highest BCUT2D eigenvalue weighted by molar-refractivity contribution is 6.53. The van der Waals surface area contributed by atoms with Gasteiger partial charge in [0.2, 0.25) is 0 Å². The fraction of sp³-hybridized carbons (Fsp3) is 0.400. The standard InChI is InChI=1S/C40H44O12Si/c1-9-33(41-21-37-25-45-37)10-2-29(1)17-49-53(50-18-30-3-11-34(12-4-30)42-22-38-26-46-38,51-19-31-5-13-35(14-6-31)43-23-39-27-47-39)52-20-32-7-15-36(16-8-32)44-24-40-28-48-40/h1-16,37-40H,17-28H2. The Morgan fingerprint density at radius 2 is 0.566 bits per heavy atom. The van der Waals surface area contributed by atoms with Crippen molar-refractivity contribution < 1.29 is 55.6 Å². The Balaban J connectivity index is 0.976. The average molecular weight is 745 g/mol. The Kier molecular flexibility index (Phi) is 11.8. The summed E-state index contributed by atoms with van der Waals surface area (Å²) < 4.78 is 70.8. The summed E-state index contributed by atoms with van der Waals surface area (Å²) in [4.78, 5) is 0. The van der Waals surface area contributed by atoms with E-state index in [0.29, 0.717) is 26.4 Å². The first kappa shape index (κ1) is 36.0. The number of benzene rings is 4. The minimum Gasteiger partial charge on any atom is -0.491 e. The largest absolute Gasteiger partial charge is 0.680 e. The van der Waals surface area contributed by atoms with Gasteiger partial charge in [0.1, 0.15) is 73.8 Å². The van der Waals surface area contributed by atoms with Gasteiger partial charge in [0.25, 0.3) is 0 Å². The molecule has 4 aliphatic rings. The summed E-state index contributed by atoms with van der Waals surface area (Å²) in [5.74, 6) is 3.07. The van der Waals surface area contributed by atoms with Gasteiger partial charge in [0.05, 0.1) is 52.9 Å². The summed E-state index contributed by atoms with van der Waals surface area (Å²) in [6.07, 6.45) is 0.720. The van der Waals surface area contributed by atoms with Crippen LogP contribution in [0.5, 0.6) is 23.0 Å². The number of hydrogen-bond donors (Lipinski definition) is 0. The minimum absolute atomic E-state index is 0.180. The zero-order valence-electron chi connectivity index (χ0n) is 29.4. The normalized spacial score (nSPS) is 22.0. The molecular weight excluding hydrogens is 701 g/mol. The fourth-order valence-corrected chi connectivity index (χ4v) is 6.95. The van der Waals surface area contributed by atoms with Crippen molar-refractivity contribution in [1.29, 1.82) is 0 Å². The molecule has 13 heteroatoms. The lowest BCUT2D eigenvalue weighted by atomic mass is 10.2. The van der Waals surface area contributed by atoms with E-state index in [-0.39, 0.29) is 50.8 Å². The van der Waals surface area contributed by atoms with E-state index in [1.54, 1.807) is 0 Å². The van der Waals surface area contributed by atoms with E-state index in [9.17, 15) is 0 Å². The number of ether oxygens (including phenoxy) is 8. The zero-order chi connectivity index (χ0) is 35.7. The summed E-state index contributed by atoms with van der Waals surface area (Å²) in [6, 6.07) is 31.1. The van der Waals surface area contributed by atoms with Crippen LogP contribution in [-0.2, 0) is 63.1 Å². The van der Waals surface area contributed by atoms with Crippen LogP contribution in [0.1, 0.15) is 22.3 Å². The molecule has 12 nitrogen and oxygen atoms in total. The monoisotopic (exact) mass is 744 g/mol. The predicted molar refractivity (Wildman–Crippen MR) is 192 cm³/mol. The molecule has 280 valence electrons. The smallest absolute Gasteiger partial charge is 0.491 e. The molecule has 0 saturated carbocycles. The van der Waals surface area contributed by atoms with Gasteiger partial charge < -0.3 is 55.6 Å². The molecule has 0 aliphatic carbocycles. The fourth-order valence-electron chi connectivity index (χ4n) is 5.08. The SMILES string of the molecule is c1cc(OCC2CO2)ccc1CO[Si](OCc1ccc(OCC2CO2)cc1)(OCc1ccc(OCC2CO2)cc1)OCc1ccc(OCC2CO2)cc1. The first-order valence-corrected chi connectivity index (χ1v) is 19.6. The van der Waals surface area contributed by atoms with Crippen molar-refractivity contribution in [1.82, 2.24) is 0 Å². The maximum absolute atomic E-state index is 6.61. The Hall–Kier alpha value is -4.02. The third kappa shape index (κ3) is 12.0. The van der Waals surface area contributed by atoms with Crippen LogP contribution in [0, 0.1) is 0 Å². The minimum atomic E-state index is -3.86. The summed E-state index contributed by atoms with van der Waals surface area (Å²) in [5.41, 5.74) is 3.65. The van der Waals surface area contributed by atoms with Crippen LogP contribution in [0.2, 0.25) is 0 Å². The van der Waals surface area contributed by atoms with E-state index in [2.05, 4.69) is 0 Å². The van der Waals surface area contributed by atoms with E-state index in [1.165, 1.54) is 0 Å². The van der Waals surface area contributed by atoms with Crippen LogP contribution < -0.4 is 18.9 Å². The highest BCUT2D eigenvalue weighted by Gasteiger charge is 2.46. The first-order chi connectivity index (χ1) is 26.1. The molecule has 4 aliphatic heterocycles. The Morgan fingerprint density at radius 1 is 0.358 bits per heavy atom. The van der Waals surface area contributed by atoms with Crippen LogP contribution >= 0.6 is 0 Å². The third-order valence-corrected chi connectivity index (χ3v) is 10.7. The molecule has 4 heterocycles. The van der Waals surface area contributed by atoms with Gasteiger partial charge in [0.15, 0.2) is 0 Å². The molecule has 0 N–H and O–H groups in total. The maximum Gasteiger partial charge on any atom is 0.680 e. The number of epoxide rings is 4. The van der Waals surface area contributed by atoms with Crippen LogP contribution in [0.25, 0.3) is 0 Å². The molecule has 0 aromatic heterocycles. The molecule has 4 unspecified atom stereocenters. The van der Waals surface area contributed by atoms with Gasteiger partial charge in [-0.1, -0.05) is 48.5 Å². The second-order valence-electron chi connectivity index (χ2n) is 13.3. The number of hydrogen-bond acceptors (Lipinski definition) is 12. The van der Waals surface area contributed by atoms with Crippen LogP contribution in [0.15, 0.2) is 97.1 Å². The summed E-state index contributed by atoms with van der Waals surface area (Å²) in [5, 5.41) is 0. The Morgan fingerprint density at radius 3 is 0.755 bits per heavy atom.